The SMILES string of the molecule is CC(C)(C(=O)c1cccc2ccccc12)N1CCOCC1. The average Bonchev–Trinajstić information content (AvgIpc) is 2.54. The third kappa shape index (κ3) is 2.59. The Morgan fingerprint density at radius 3 is 2.48 bits per heavy atom. The van der Waals surface area contributed by atoms with E-state index < -0.39 is 5.54 Å². The molecule has 0 atom stereocenters. The minimum absolute atomic E-state index is 0.182. The molecule has 3 heteroatoms. The minimum atomic E-state index is -0.506. The number of ether oxygens (including phenoxy) is 1. The Bertz CT molecular complexity index is 652. The van der Waals surface area contributed by atoms with E-state index in [1.54, 1.807) is 0 Å². The van der Waals surface area contributed by atoms with E-state index in [4.69, 9.17) is 4.74 Å². The number of fused-ring (bicyclic) bond motifs is 1. The van der Waals surface area contributed by atoms with Gasteiger partial charge in [0.05, 0.1) is 18.8 Å². The Morgan fingerprint density at radius 2 is 1.71 bits per heavy atom. The zero-order valence-corrected chi connectivity index (χ0v) is 12.6. The first kappa shape index (κ1) is 14.2. The van der Waals surface area contributed by atoms with Crippen molar-refractivity contribution >= 4 is 16.6 Å². The fourth-order valence-corrected chi connectivity index (χ4v) is 3.02. The molecule has 3 rings (SSSR count). The molecule has 3 nitrogen and oxygen atoms in total. The van der Waals surface area contributed by atoms with Crippen LogP contribution in [0.25, 0.3) is 10.8 Å². The maximum absolute atomic E-state index is 13.1. The quantitative estimate of drug-likeness (QED) is 0.811. The molecule has 2 aromatic carbocycles. The van der Waals surface area contributed by atoms with E-state index in [0.29, 0.717) is 13.2 Å². The van der Waals surface area contributed by atoms with Gasteiger partial charge in [0.1, 0.15) is 0 Å². The Labute approximate surface area is 125 Å². The number of carbonyl (C=O) groups excluding carboxylic acids is 1. The number of benzene rings is 2. The number of nitrogens with zero attached hydrogens (tertiary/aromatic N) is 1. The number of carbonyl (C=O) groups is 1. The highest BCUT2D eigenvalue weighted by atomic mass is 16.5. The van der Waals surface area contributed by atoms with Crippen LogP contribution in [0.2, 0.25) is 0 Å². The highest BCUT2D eigenvalue weighted by Crippen LogP contribution is 2.26. The molecule has 2 aromatic rings. The summed E-state index contributed by atoms with van der Waals surface area (Å²) in [6, 6.07) is 14.0. The zero-order chi connectivity index (χ0) is 14.9. The molecule has 0 aliphatic carbocycles. The lowest BCUT2D eigenvalue weighted by Crippen LogP contribution is -2.54. The number of Topliss-reactive ketones (excluding diaryl/α,β-unsaturated/α-hetero) is 1. The third-order valence-corrected chi connectivity index (χ3v) is 4.39. The van der Waals surface area contributed by atoms with Gasteiger partial charge in [-0.3, -0.25) is 9.69 Å². The van der Waals surface area contributed by atoms with Crippen LogP contribution < -0.4 is 0 Å². The molecule has 1 aliphatic rings. The van der Waals surface area contributed by atoms with Crippen LogP contribution in [0.1, 0.15) is 24.2 Å². The molecule has 21 heavy (non-hydrogen) atoms. The topological polar surface area (TPSA) is 29.5 Å². The Morgan fingerprint density at radius 1 is 1.05 bits per heavy atom. The molecule has 0 N–H and O–H groups in total. The summed E-state index contributed by atoms with van der Waals surface area (Å²) in [7, 11) is 0. The van der Waals surface area contributed by atoms with E-state index in [0.717, 1.165) is 29.4 Å². The van der Waals surface area contributed by atoms with Gasteiger partial charge in [-0.2, -0.15) is 0 Å². The van der Waals surface area contributed by atoms with Crippen LogP contribution in [0.5, 0.6) is 0 Å². The maximum Gasteiger partial charge on any atom is 0.183 e. The van der Waals surface area contributed by atoms with Crippen LogP contribution in [-0.4, -0.2) is 42.5 Å². The first-order valence-corrected chi connectivity index (χ1v) is 7.46. The minimum Gasteiger partial charge on any atom is -0.379 e. The van der Waals surface area contributed by atoms with Gasteiger partial charge in [-0.15, -0.1) is 0 Å². The predicted molar refractivity (Wildman–Crippen MR) is 84.7 cm³/mol. The van der Waals surface area contributed by atoms with E-state index in [-0.39, 0.29) is 5.78 Å². The summed E-state index contributed by atoms with van der Waals surface area (Å²) in [4.78, 5) is 15.3. The number of rotatable bonds is 3. The van der Waals surface area contributed by atoms with E-state index >= 15 is 0 Å². The Hall–Kier alpha value is -1.71. The highest BCUT2D eigenvalue weighted by Gasteiger charge is 2.36. The summed E-state index contributed by atoms with van der Waals surface area (Å²) in [5, 5.41) is 2.15. The lowest BCUT2D eigenvalue weighted by molar-refractivity contribution is -0.00423. The van der Waals surface area contributed by atoms with Crippen LogP contribution in [0.15, 0.2) is 42.5 Å². The monoisotopic (exact) mass is 283 g/mol. The lowest BCUT2D eigenvalue weighted by Gasteiger charge is -2.39. The molecule has 1 aliphatic heterocycles. The summed E-state index contributed by atoms with van der Waals surface area (Å²) in [5.41, 5.74) is 0.304. The van der Waals surface area contributed by atoms with Gasteiger partial charge >= 0.3 is 0 Å². The predicted octanol–water partition coefficient (Wildman–Crippen LogP) is 3.13. The fourth-order valence-electron chi connectivity index (χ4n) is 3.02. The smallest absolute Gasteiger partial charge is 0.183 e. The molecule has 110 valence electrons. The number of hydrogen-bond donors (Lipinski definition) is 0. The normalized spacial score (nSPS) is 17.0. The second-order valence-electron chi connectivity index (χ2n) is 6.01. The molecular formula is C18H21NO2. The van der Waals surface area contributed by atoms with Crippen LogP contribution in [0.4, 0.5) is 0 Å². The second kappa shape index (κ2) is 5.58. The standard InChI is InChI=1S/C18H21NO2/c1-18(2,19-10-12-21-13-11-19)17(20)16-9-5-7-14-6-3-4-8-15(14)16/h3-9H,10-13H2,1-2H3. The summed E-state index contributed by atoms with van der Waals surface area (Å²) in [5.74, 6) is 0.182. The van der Waals surface area contributed by atoms with E-state index in [9.17, 15) is 4.79 Å². The highest BCUT2D eigenvalue weighted by molar-refractivity contribution is 6.12. The molecule has 0 saturated carbocycles. The van der Waals surface area contributed by atoms with Crippen LogP contribution in [-0.2, 0) is 4.74 Å². The molecule has 1 heterocycles. The van der Waals surface area contributed by atoms with Gasteiger partial charge in [0.15, 0.2) is 5.78 Å². The lowest BCUT2D eigenvalue weighted by atomic mass is 9.88. The van der Waals surface area contributed by atoms with Crippen molar-refractivity contribution in [1.29, 1.82) is 0 Å². The van der Waals surface area contributed by atoms with Gasteiger partial charge in [-0.25, -0.2) is 0 Å². The van der Waals surface area contributed by atoms with E-state index in [2.05, 4.69) is 4.90 Å². The van der Waals surface area contributed by atoms with E-state index in [1.165, 1.54) is 0 Å². The molecule has 0 unspecified atom stereocenters. The second-order valence-corrected chi connectivity index (χ2v) is 6.01. The molecular weight excluding hydrogens is 262 g/mol. The van der Waals surface area contributed by atoms with Gasteiger partial charge in [0, 0.05) is 18.7 Å². The Balaban J connectivity index is 1.99. The van der Waals surface area contributed by atoms with Crippen LogP contribution in [0, 0.1) is 0 Å². The summed E-state index contributed by atoms with van der Waals surface area (Å²) in [6.07, 6.45) is 0. The van der Waals surface area contributed by atoms with Crippen molar-refractivity contribution in [2.75, 3.05) is 26.3 Å². The number of morpholine rings is 1. The average molecular weight is 283 g/mol. The summed E-state index contributed by atoms with van der Waals surface area (Å²) >= 11 is 0. The van der Waals surface area contributed by atoms with Crippen LogP contribution >= 0.6 is 0 Å². The third-order valence-electron chi connectivity index (χ3n) is 4.39. The number of ketones is 1. The molecule has 0 amide bonds. The van der Waals surface area contributed by atoms with Gasteiger partial charge in [0.25, 0.3) is 0 Å². The van der Waals surface area contributed by atoms with Crippen molar-refractivity contribution in [3.8, 4) is 0 Å². The van der Waals surface area contributed by atoms with Crippen molar-refractivity contribution in [3.63, 3.8) is 0 Å². The largest absolute Gasteiger partial charge is 0.379 e. The van der Waals surface area contributed by atoms with Gasteiger partial charge in [-0.05, 0) is 24.6 Å². The van der Waals surface area contributed by atoms with Crippen LogP contribution in [0.3, 0.4) is 0 Å². The fraction of sp³-hybridized carbons (Fsp3) is 0.389. The first-order chi connectivity index (χ1) is 10.1. The van der Waals surface area contributed by atoms with Gasteiger partial charge < -0.3 is 4.74 Å². The Kier molecular flexibility index (Phi) is 3.79. The maximum atomic E-state index is 13.1. The molecule has 0 aromatic heterocycles. The summed E-state index contributed by atoms with van der Waals surface area (Å²) in [6.45, 7) is 7.05. The molecule has 0 bridgehead atoms. The molecule has 1 saturated heterocycles. The summed E-state index contributed by atoms with van der Waals surface area (Å²) < 4.78 is 5.40. The van der Waals surface area contributed by atoms with E-state index in [1.807, 2.05) is 56.3 Å². The van der Waals surface area contributed by atoms with Crippen molar-refractivity contribution in [2.24, 2.45) is 0 Å². The molecule has 0 spiro atoms. The van der Waals surface area contributed by atoms with Crippen molar-refractivity contribution < 1.29 is 9.53 Å². The number of hydrogen-bond acceptors (Lipinski definition) is 3. The van der Waals surface area contributed by atoms with Gasteiger partial charge in [-0.1, -0.05) is 42.5 Å². The first-order valence-electron chi connectivity index (χ1n) is 7.46. The van der Waals surface area contributed by atoms with Gasteiger partial charge in [0.2, 0.25) is 0 Å². The van der Waals surface area contributed by atoms with Crippen molar-refractivity contribution in [3.05, 3.63) is 48.0 Å². The molecule has 1 fully saturated rings. The van der Waals surface area contributed by atoms with Crippen molar-refractivity contribution in [1.82, 2.24) is 4.90 Å². The van der Waals surface area contributed by atoms with Crippen molar-refractivity contribution in [2.45, 2.75) is 19.4 Å². The zero-order valence-electron chi connectivity index (χ0n) is 12.6. The molecule has 0 radical (unpaired) electrons.